The molecule has 0 unspecified atom stereocenters. The molecule has 0 bridgehead atoms. The summed E-state index contributed by atoms with van der Waals surface area (Å²) in [6.07, 6.45) is 2.84. The average Bonchev–Trinajstić information content (AvgIpc) is 2.41. The molecule has 2 N–H and O–H groups in total. The van der Waals surface area contributed by atoms with Gasteiger partial charge in [-0.15, -0.1) is 0 Å². The van der Waals surface area contributed by atoms with Crippen LogP contribution in [0.15, 0.2) is 30.5 Å². The molecule has 0 saturated carbocycles. The Morgan fingerprint density at radius 1 is 1.28 bits per heavy atom. The van der Waals surface area contributed by atoms with Gasteiger partial charge in [-0.3, -0.25) is 0 Å². The Bertz CT molecular complexity index is 537. The Kier molecular flexibility index (Phi) is 3.77. The van der Waals surface area contributed by atoms with E-state index in [0.717, 1.165) is 23.5 Å². The number of hydrogen-bond acceptors (Lipinski definition) is 4. The number of nitrogens with one attached hydrogen (secondary N) is 2. The highest BCUT2D eigenvalue weighted by Crippen LogP contribution is 2.19. The lowest BCUT2D eigenvalue weighted by Crippen LogP contribution is -2.02. The van der Waals surface area contributed by atoms with E-state index in [1.807, 2.05) is 26.2 Å². The highest BCUT2D eigenvalue weighted by Gasteiger charge is 2.03. The van der Waals surface area contributed by atoms with E-state index in [0.29, 0.717) is 5.95 Å². The molecule has 94 valence electrons. The van der Waals surface area contributed by atoms with Gasteiger partial charge in [0.05, 0.1) is 0 Å². The third-order valence-electron chi connectivity index (χ3n) is 2.79. The van der Waals surface area contributed by atoms with Gasteiger partial charge >= 0.3 is 0 Å². The van der Waals surface area contributed by atoms with Crippen LogP contribution in [0.3, 0.4) is 0 Å². The maximum atomic E-state index is 4.41. The van der Waals surface area contributed by atoms with Crippen molar-refractivity contribution in [2.24, 2.45) is 0 Å². The van der Waals surface area contributed by atoms with Crippen molar-refractivity contribution < 1.29 is 0 Å². The monoisotopic (exact) mass is 242 g/mol. The quantitative estimate of drug-likeness (QED) is 0.864. The summed E-state index contributed by atoms with van der Waals surface area (Å²) in [5, 5.41) is 6.27. The van der Waals surface area contributed by atoms with Crippen LogP contribution in [0.1, 0.15) is 18.1 Å². The Labute approximate surface area is 107 Å². The molecule has 0 fully saturated rings. The van der Waals surface area contributed by atoms with Crippen molar-refractivity contribution in [3.05, 3.63) is 41.6 Å². The van der Waals surface area contributed by atoms with Crippen molar-refractivity contribution >= 4 is 17.5 Å². The zero-order valence-corrected chi connectivity index (χ0v) is 11.0. The second kappa shape index (κ2) is 5.49. The maximum Gasteiger partial charge on any atom is 0.224 e. The molecule has 4 nitrogen and oxygen atoms in total. The normalized spacial score (nSPS) is 10.2. The summed E-state index contributed by atoms with van der Waals surface area (Å²) in [7, 11) is 1.81. The summed E-state index contributed by atoms with van der Waals surface area (Å²) in [6, 6.07) is 8.36. The first-order valence-electron chi connectivity index (χ1n) is 6.10. The van der Waals surface area contributed by atoms with Gasteiger partial charge in [-0.2, -0.15) is 4.98 Å². The molecule has 0 aliphatic carbocycles. The van der Waals surface area contributed by atoms with E-state index in [-0.39, 0.29) is 0 Å². The molecule has 0 aliphatic rings. The zero-order valence-electron chi connectivity index (χ0n) is 11.0. The summed E-state index contributed by atoms with van der Waals surface area (Å²) in [4.78, 5) is 8.58. The van der Waals surface area contributed by atoms with E-state index in [9.17, 15) is 0 Å². The molecule has 2 aromatic rings. The van der Waals surface area contributed by atoms with Crippen LogP contribution >= 0.6 is 0 Å². The standard InChI is InChI=1S/C14H18N4/c1-4-11-6-5-7-12(8-11)17-13-10(2)9-16-14(15-3)18-13/h5-9H,4H2,1-3H3,(H2,15,16,17,18). The minimum atomic E-state index is 0.620. The number of anilines is 3. The lowest BCUT2D eigenvalue weighted by molar-refractivity contribution is 1.11. The molecule has 2 rings (SSSR count). The van der Waals surface area contributed by atoms with Crippen molar-refractivity contribution in [3.63, 3.8) is 0 Å². The minimum absolute atomic E-state index is 0.620. The van der Waals surface area contributed by atoms with Crippen LogP contribution < -0.4 is 10.6 Å². The van der Waals surface area contributed by atoms with Crippen LogP contribution in [0, 0.1) is 6.92 Å². The van der Waals surface area contributed by atoms with Gasteiger partial charge in [0, 0.05) is 24.5 Å². The van der Waals surface area contributed by atoms with Crippen molar-refractivity contribution in [1.82, 2.24) is 9.97 Å². The summed E-state index contributed by atoms with van der Waals surface area (Å²) in [5.74, 6) is 1.46. The molecule has 0 radical (unpaired) electrons. The highest BCUT2D eigenvalue weighted by atomic mass is 15.1. The van der Waals surface area contributed by atoms with Crippen LogP contribution in [-0.4, -0.2) is 17.0 Å². The van der Waals surface area contributed by atoms with E-state index in [1.165, 1.54) is 5.56 Å². The van der Waals surface area contributed by atoms with Crippen molar-refractivity contribution in [3.8, 4) is 0 Å². The minimum Gasteiger partial charge on any atom is -0.357 e. The fraction of sp³-hybridized carbons (Fsp3) is 0.286. The van der Waals surface area contributed by atoms with Gasteiger partial charge in [0.15, 0.2) is 0 Å². The average molecular weight is 242 g/mol. The Hall–Kier alpha value is -2.10. The molecule has 18 heavy (non-hydrogen) atoms. The van der Waals surface area contributed by atoms with Gasteiger partial charge in [0.25, 0.3) is 0 Å². The molecular weight excluding hydrogens is 224 g/mol. The van der Waals surface area contributed by atoms with Gasteiger partial charge < -0.3 is 10.6 Å². The van der Waals surface area contributed by atoms with E-state index < -0.39 is 0 Å². The number of aryl methyl sites for hydroxylation is 2. The van der Waals surface area contributed by atoms with Crippen LogP contribution in [0.25, 0.3) is 0 Å². The highest BCUT2D eigenvalue weighted by molar-refractivity contribution is 5.60. The number of nitrogens with zero attached hydrogens (tertiary/aromatic N) is 2. The van der Waals surface area contributed by atoms with Crippen LogP contribution in [0.4, 0.5) is 17.5 Å². The molecule has 0 spiro atoms. The summed E-state index contributed by atoms with van der Waals surface area (Å²) >= 11 is 0. The van der Waals surface area contributed by atoms with E-state index in [2.05, 4.69) is 45.7 Å². The smallest absolute Gasteiger partial charge is 0.224 e. The molecule has 0 saturated heterocycles. The van der Waals surface area contributed by atoms with Crippen LogP contribution in [0.2, 0.25) is 0 Å². The third-order valence-corrected chi connectivity index (χ3v) is 2.79. The molecule has 4 heteroatoms. The number of benzene rings is 1. The first-order valence-corrected chi connectivity index (χ1v) is 6.10. The van der Waals surface area contributed by atoms with E-state index >= 15 is 0 Å². The third kappa shape index (κ3) is 2.77. The molecular formula is C14H18N4. The van der Waals surface area contributed by atoms with Gasteiger partial charge in [-0.25, -0.2) is 4.98 Å². The van der Waals surface area contributed by atoms with Crippen molar-refractivity contribution in [1.29, 1.82) is 0 Å². The Morgan fingerprint density at radius 2 is 2.11 bits per heavy atom. The van der Waals surface area contributed by atoms with E-state index in [4.69, 9.17) is 0 Å². The number of hydrogen-bond donors (Lipinski definition) is 2. The van der Waals surface area contributed by atoms with E-state index in [1.54, 1.807) is 0 Å². The van der Waals surface area contributed by atoms with Crippen molar-refractivity contribution in [2.45, 2.75) is 20.3 Å². The fourth-order valence-electron chi connectivity index (χ4n) is 1.69. The number of aromatic nitrogens is 2. The largest absolute Gasteiger partial charge is 0.357 e. The zero-order chi connectivity index (χ0) is 13.0. The summed E-state index contributed by atoms with van der Waals surface area (Å²) < 4.78 is 0. The van der Waals surface area contributed by atoms with Gasteiger partial charge in [-0.05, 0) is 31.0 Å². The molecule has 0 aliphatic heterocycles. The Morgan fingerprint density at radius 3 is 2.83 bits per heavy atom. The molecule has 0 atom stereocenters. The summed E-state index contributed by atoms with van der Waals surface area (Å²) in [5.41, 5.74) is 3.38. The second-order valence-corrected chi connectivity index (χ2v) is 4.15. The van der Waals surface area contributed by atoms with Crippen LogP contribution in [-0.2, 0) is 6.42 Å². The first kappa shape index (κ1) is 12.4. The number of rotatable bonds is 4. The second-order valence-electron chi connectivity index (χ2n) is 4.15. The topological polar surface area (TPSA) is 49.8 Å². The van der Waals surface area contributed by atoms with Gasteiger partial charge in [-0.1, -0.05) is 19.1 Å². The fourth-order valence-corrected chi connectivity index (χ4v) is 1.69. The SMILES string of the molecule is CCc1cccc(Nc2nc(NC)ncc2C)c1. The Balaban J connectivity index is 2.27. The lowest BCUT2D eigenvalue weighted by atomic mass is 10.1. The summed E-state index contributed by atoms with van der Waals surface area (Å²) in [6.45, 7) is 4.14. The predicted molar refractivity (Wildman–Crippen MR) is 75.4 cm³/mol. The molecule has 0 amide bonds. The van der Waals surface area contributed by atoms with Gasteiger partial charge in [0.1, 0.15) is 5.82 Å². The van der Waals surface area contributed by atoms with Gasteiger partial charge in [0.2, 0.25) is 5.95 Å². The van der Waals surface area contributed by atoms with Crippen LogP contribution in [0.5, 0.6) is 0 Å². The molecule has 1 aromatic heterocycles. The maximum absolute atomic E-state index is 4.41. The van der Waals surface area contributed by atoms with Crippen molar-refractivity contribution in [2.75, 3.05) is 17.7 Å². The predicted octanol–water partition coefficient (Wildman–Crippen LogP) is 3.13. The molecule has 1 heterocycles. The lowest BCUT2D eigenvalue weighted by Gasteiger charge is -2.10. The molecule has 1 aromatic carbocycles. The first-order chi connectivity index (χ1) is 8.72.